The number of H-pyrrole nitrogens is 1. The van der Waals surface area contributed by atoms with Gasteiger partial charge >= 0.3 is 7.82 Å². The number of nitrogens with zero attached hydrogens (tertiary/aromatic N) is 7. The number of aliphatic hydroxyl groups is 4. The molecule has 0 amide bonds. The summed E-state index contributed by atoms with van der Waals surface area (Å²) >= 11 is 0. The number of aromatic nitrogens is 8. The van der Waals surface area contributed by atoms with Gasteiger partial charge in [0.05, 0.1) is 25.4 Å². The van der Waals surface area contributed by atoms with E-state index < -0.39 is 75.7 Å². The van der Waals surface area contributed by atoms with E-state index >= 15 is 0 Å². The van der Waals surface area contributed by atoms with E-state index in [4.69, 9.17) is 35.7 Å². The van der Waals surface area contributed by atoms with Crippen molar-refractivity contribution >= 4 is 47.9 Å². The van der Waals surface area contributed by atoms with Gasteiger partial charge in [-0.15, -0.1) is 0 Å². The maximum absolute atomic E-state index is 13.1. The smallest absolute Gasteiger partial charge is 0.396 e. The zero-order valence-corrected chi connectivity index (χ0v) is 23.3. The molecule has 2 fully saturated rings. The summed E-state index contributed by atoms with van der Waals surface area (Å²) in [4.78, 5) is 45.1. The van der Waals surface area contributed by atoms with Crippen LogP contribution in [0.1, 0.15) is 18.9 Å². The van der Waals surface area contributed by atoms with Crippen molar-refractivity contribution in [1.29, 1.82) is 0 Å². The highest BCUT2D eigenvalue weighted by molar-refractivity contribution is 7.47. The van der Waals surface area contributed by atoms with Crippen molar-refractivity contribution in [2.75, 3.05) is 30.4 Å². The topological polar surface area (TPSA) is 340 Å². The van der Waals surface area contributed by atoms with E-state index in [0.29, 0.717) is 0 Å². The number of nitrogens with two attached hydrogens (primary N) is 3. The molecule has 22 nitrogen and oxygen atoms in total. The lowest BCUT2D eigenvalue weighted by atomic mass is 10.1. The van der Waals surface area contributed by atoms with Crippen molar-refractivity contribution < 1.29 is 48.4 Å². The van der Waals surface area contributed by atoms with Gasteiger partial charge in [-0.25, -0.2) is 14.5 Å². The summed E-state index contributed by atoms with van der Waals surface area (Å²) in [5.41, 5.74) is 16.5. The fourth-order valence-electron chi connectivity index (χ4n) is 5.14. The standard InChI is InChI=1S/C21H28N11O11P/c22-14-8-15(28-20(23)27-14)31(4-25-8)18-12(36)10(34)7(42-18)3-40-44(38,39)43-13-11(35)6(1-2-33)41-19(13)32-5-26-9-16(32)29-21(24)30-17(9)37/h4-7,10-13,18-19,33-36H,1-3H2,(H,38,39)(H4,22,23,27,28)(H3,24,29,30,37)/t6-,7-,10-,11-,12-,13-,18-,19-/m1/s1. The Morgan fingerprint density at radius 2 is 1.59 bits per heavy atom. The number of rotatable bonds is 9. The van der Waals surface area contributed by atoms with Gasteiger partial charge in [0.15, 0.2) is 35.1 Å². The van der Waals surface area contributed by atoms with Gasteiger partial charge < -0.3 is 52.0 Å². The first kappa shape index (κ1) is 30.2. The zero-order chi connectivity index (χ0) is 31.5. The molecule has 0 bridgehead atoms. The van der Waals surface area contributed by atoms with Crippen molar-refractivity contribution in [3.63, 3.8) is 0 Å². The predicted molar refractivity (Wildman–Crippen MR) is 145 cm³/mol. The van der Waals surface area contributed by atoms with Crippen molar-refractivity contribution in [1.82, 2.24) is 39.0 Å². The number of aliphatic hydroxyl groups excluding tert-OH is 4. The van der Waals surface area contributed by atoms with Gasteiger partial charge in [-0.3, -0.25) is 28.0 Å². The molecular weight excluding hydrogens is 613 g/mol. The quantitative estimate of drug-likeness (QED) is 0.0799. The van der Waals surface area contributed by atoms with Crippen LogP contribution in [-0.4, -0.2) is 114 Å². The summed E-state index contributed by atoms with van der Waals surface area (Å²) in [6, 6.07) is 0. The Labute approximate surface area is 244 Å². The number of imidazole rings is 2. The molecule has 0 radical (unpaired) electrons. The van der Waals surface area contributed by atoms with E-state index in [0.717, 1.165) is 6.33 Å². The molecule has 2 aliphatic heterocycles. The number of phosphoric acid groups is 1. The Bertz CT molecular complexity index is 1800. The van der Waals surface area contributed by atoms with Crippen LogP contribution < -0.4 is 22.8 Å². The van der Waals surface area contributed by atoms with Gasteiger partial charge in [-0.1, -0.05) is 0 Å². The van der Waals surface area contributed by atoms with E-state index in [1.165, 1.54) is 15.5 Å². The second-order valence-corrected chi connectivity index (χ2v) is 11.4. The molecule has 44 heavy (non-hydrogen) atoms. The third kappa shape index (κ3) is 5.26. The van der Waals surface area contributed by atoms with Crippen LogP contribution in [0.15, 0.2) is 17.4 Å². The van der Waals surface area contributed by atoms with Gasteiger partial charge in [-0.2, -0.15) is 15.0 Å². The minimum Gasteiger partial charge on any atom is -0.396 e. The number of aromatic amines is 1. The lowest BCUT2D eigenvalue weighted by Gasteiger charge is -2.25. The minimum absolute atomic E-state index is 0.0233. The second kappa shape index (κ2) is 11.3. The largest absolute Gasteiger partial charge is 0.472 e. The van der Waals surface area contributed by atoms with Gasteiger partial charge in [0, 0.05) is 6.61 Å². The molecule has 0 saturated carbocycles. The summed E-state index contributed by atoms with van der Waals surface area (Å²) in [6.07, 6.45) is -9.13. The summed E-state index contributed by atoms with van der Waals surface area (Å²) in [5, 5.41) is 41.6. The van der Waals surface area contributed by atoms with Gasteiger partial charge in [0.2, 0.25) is 11.9 Å². The van der Waals surface area contributed by atoms with E-state index in [-0.39, 0.29) is 46.5 Å². The normalized spacial score (nSPS) is 30.4. The monoisotopic (exact) mass is 641 g/mol. The first-order valence-corrected chi connectivity index (χ1v) is 14.5. The van der Waals surface area contributed by atoms with Crippen molar-refractivity contribution in [3.05, 3.63) is 23.0 Å². The van der Waals surface area contributed by atoms with Gasteiger partial charge in [0.25, 0.3) is 5.56 Å². The Balaban J connectivity index is 1.20. The van der Waals surface area contributed by atoms with Crippen LogP contribution in [0.2, 0.25) is 0 Å². The van der Waals surface area contributed by atoms with E-state index in [1.54, 1.807) is 0 Å². The van der Waals surface area contributed by atoms with Crippen molar-refractivity contribution in [3.8, 4) is 0 Å². The van der Waals surface area contributed by atoms with E-state index in [9.17, 15) is 34.7 Å². The molecule has 1 unspecified atom stereocenters. The van der Waals surface area contributed by atoms with Crippen LogP contribution in [0, 0.1) is 0 Å². The lowest BCUT2D eigenvalue weighted by molar-refractivity contribution is -0.0601. The number of fused-ring (bicyclic) bond motifs is 2. The molecule has 238 valence electrons. The van der Waals surface area contributed by atoms with Crippen LogP contribution in [0.4, 0.5) is 17.7 Å². The number of nitrogen functional groups attached to an aromatic ring is 3. The number of hydrogen-bond acceptors (Lipinski definition) is 18. The highest BCUT2D eigenvalue weighted by Gasteiger charge is 2.50. The molecule has 4 aromatic rings. The molecule has 9 atom stereocenters. The highest BCUT2D eigenvalue weighted by atomic mass is 31.2. The Hall–Kier alpha value is -3.83. The Kier molecular flexibility index (Phi) is 7.73. The highest BCUT2D eigenvalue weighted by Crippen LogP contribution is 2.50. The minimum atomic E-state index is -5.07. The molecule has 2 aliphatic rings. The van der Waals surface area contributed by atoms with Gasteiger partial charge in [-0.05, 0) is 6.42 Å². The number of ether oxygens (including phenoxy) is 2. The molecule has 0 aliphatic carbocycles. The molecular formula is C21H28N11O11P. The second-order valence-electron chi connectivity index (χ2n) is 10.0. The number of nitrogens with one attached hydrogen (secondary N) is 1. The molecule has 4 aromatic heterocycles. The zero-order valence-electron chi connectivity index (χ0n) is 22.4. The van der Waals surface area contributed by atoms with Crippen LogP contribution in [0.3, 0.4) is 0 Å². The number of hydrogen-bond donors (Lipinski definition) is 9. The maximum atomic E-state index is 13.1. The average molecular weight is 641 g/mol. The number of phosphoric ester groups is 1. The third-order valence-electron chi connectivity index (χ3n) is 7.19. The van der Waals surface area contributed by atoms with Crippen LogP contribution in [0.5, 0.6) is 0 Å². The molecule has 6 heterocycles. The molecule has 12 N–H and O–H groups in total. The van der Waals surface area contributed by atoms with Crippen LogP contribution >= 0.6 is 7.82 Å². The molecule has 0 aromatic carbocycles. The summed E-state index contributed by atoms with van der Waals surface area (Å²) in [7, 11) is -5.07. The third-order valence-corrected chi connectivity index (χ3v) is 8.17. The fourth-order valence-corrected chi connectivity index (χ4v) is 6.07. The summed E-state index contributed by atoms with van der Waals surface area (Å²) in [6.45, 7) is -1.16. The molecule has 6 rings (SSSR count). The number of anilines is 3. The van der Waals surface area contributed by atoms with Crippen molar-refractivity contribution in [2.24, 2.45) is 0 Å². The maximum Gasteiger partial charge on any atom is 0.472 e. The molecule has 0 spiro atoms. The summed E-state index contributed by atoms with van der Waals surface area (Å²) in [5.74, 6) is -0.442. The summed E-state index contributed by atoms with van der Waals surface area (Å²) < 4.78 is 37.4. The molecule has 2 saturated heterocycles. The SMILES string of the molecule is Nc1nc(N)c2ncn([C@@H]3O[C@H](COP(=O)(O)O[C@@H]4[C@H](O)[C@@H](CCO)O[C@H]4n4cnc5c(=O)[nH]c(N)nc54)[C@@H](O)[C@H]3O)c2n1. The predicted octanol–water partition coefficient (Wildman–Crippen LogP) is -3.53. The van der Waals surface area contributed by atoms with Gasteiger partial charge in [0.1, 0.15) is 36.0 Å². The van der Waals surface area contributed by atoms with Crippen LogP contribution in [0.25, 0.3) is 22.3 Å². The Morgan fingerprint density at radius 3 is 2.32 bits per heavy atom. The first-order chi connectivity index (χ1) is 20.9. The Morgan fingerprint density at radius 1 is 0.932 bits per heavy atom. The average Bonchev–Trinajstić information content (AvgIpc) is 3.70. The fraction of sp³-hybridized carbons (Fsp3) is 0.524. The molecule has 23 heteroatoms. The van der Waals surface area contributed by atoms with Crippen LogP contribution in [-0.2, 0) is 23.1 Å². The van der Waals surface area contributed by atoms with Crippen molar-refractivity contribution in [2.45, 2.75) is 55.5 Å². The van der Waals surface area contributed by atoms with E-state index in [2.05, 4.69) is 29.9 Å². The lowest BCUT2D eigenvalue weighted by Crippen LogP contribution is -2.35. The van der Waals surface area contributed by atoms with E-state index in [1.807, 2.05) is 0 Å². The first-order valence-electron chi connectivity index (χ1n) is 13.0.